The molecule has 1 aromatic heterocycles. The van der Waals surface area contributed by atoms with Crippen molar-refractivity contribution in [3.8, 4) is 11.5 Å². The number of carbonyl (C=O) groups is 1. The van der Waals surface area contributed by atoms with Crippen molar-refractivity contribution in [2.45, 2.75) is 6.61 Å². The maximum absolute atomic E-state index is 12.5. The molecule has 0 aliphatic carbocycles. The molecule has 0 unspecified atom stereocenters. The fourth-order valence-electron chi connectivity index (χ4n) is 3.05. The van der Waals surface area contributed by atoms with E-state index in [-0.39, 0.29) is 12.5 Å². The second kappa shape index (κ2) is 10.4. The summed E-state index contributed by atoms with van der Waals surface area (Å²) < 4.78 is 12.2. The number of hydrazone groups is 1. The molecule has 0 bridgehead atoms. The van der Waals surface area contributed by atoms with Crippen molar-refractivity contribution in [3.63, 3.8) is 0 Å². The van der Waals surface area contributed by atoms with E-state index in [1.165, 1.54) is 17.6 Å². The summed E-state index contributed by atoms with van der Waals surface area (Å²) in [7, 11) is 1.55. The van der Waals surface area contributed by atoms with Crippen molar-refractivity contribution in [1.82, 2.24) is 5.43 Å². The number of hydrogen-bond donors (Lipinski definition) is 1. The van der Waals surface area contributed by atoms with Gasteiger partial charge in [0.15, 0.2) is 11.5 Å². The van der Waals surface area contributed by atoms with Crippen molar-refractivity contribution in [1.29, 1.82) is 0 Å². The first kappa shape index (κ1) is 23.4. The third-order valence-electron chi connectivity index (χ3n) is 4.71. The lowest BCUT2D eigenvalue weighted by Crippen LogP contribution is -2.16. The van der Waals surface area contributed by atoms with E-state index in [1.54, 1.807) is 37.4 Å². The van der Waals surface area contributed by atoms with E-state index in [4.69, 9.17) is 44.3 Å². The molecule has 0 fully saturated rings. The van der Waals surface area contributed by atoms with E-state index in [0.717, 1.165) is 15.6 Å². The summed E-state index contributed by atoms with van der Waals surface area (Å²) in [4.78, 5) is 12.9. The molecule has 1 amide bonds. The first-order valence-corrected chi connectivity index (χ1v) is 11.7. The predicted octanol–water partition coefficient (Wildman–Crippen LogP) is 7.21. The van der Waals surface area contributed by atoms with E-state index >= 15 is 0 Å². The fourth-order valence-corrected chi connectivity index (χ4v) is 4.92. The van der Waals surface area contributed by atoms with Crippen molar-refractivity contribution in [2.75, 3.05) is 7.11 Å². The Morgan fingerprint density at radius 2 is 1.88 bits per heavy atom. The zero-order valence-electron chi connectivity index (χ0n) is 17.3. The fraction of sp³-hybridized carbons (Fsp3) is 0.0833. The van der Waals surface area contributed by atoms with Crippen LogP contribution in [-0.4, -0.2) is 19.2 Å². The number of hydrogen-bond acceptors (Lipinski definition) is 5. The summed E-state index contributed by atoms with van der Waals surface area (Å²) in [6.45, 7) is 0.256. The van der Waals surface area contributed by atoms with Crippen LogP contribution in [0.5, 0.6) is 11.5 Å². The number of halogens is 3. The van der Waals surface area contributed by atoms with Crippen LogP contribution in [0.25, 0.3) is 10.1 Å². The Hall–Kier alpha value is -2.77. The van der Waals surface area contributed by atoms with Gasteiger partial charge in [-0.25, -0.2) is 5.43 Å². The van der Waals surface area contributed by atoms with Crippen LogP contribution < -0.4 is 14.9 Å². The molecule has 1 N–H and O–H groups in total. The number of nitrogens with zero attached hydrogens (tertiary/aromatic N) is 1. The monoisotopic (exact) mass is 518 g/mol. The summed E-state index contributed by atoms with van der Waals surface area (Å²) in [6.07, 6.45) is 1.52. The molecule has 1 heterocycles. The van der Waals surface area contributed by atoms with Gasteiger partial charge in [-0.2, -0.15) is 5.10 Å². The van der Waals surface area contributed by atoms with E-state index in [2.05, 4.69) is 10.5 Å². The van der Waals surface area contributed by atoms with Gasteiger partial charge in [-0.1, -0.05) is 59.1 Å². The van der Waals surface area contributed by atoms with Crippen molar-refractivity contribution >= 4 is 68.3 Å². The van der Waals surface area contributed by atoms with E-state index in [0.29, 0.717) is 37.0 Å². The minimum atomic E-state index is -0.371. The molecule has 5 nitrogen and oxygen atoms in total. The number of fused-ring (bicyclic) bond motifs is 1. The molecule has 0 spiro atoms. The highest BCUT2D eigenvalue weighted by atomic mass is 35.5. The maximum atomic E-state index is 12.5. The van der Waals surface area contributed by atoms with Crippen LogP contribution in [0, 0.1) is 0 Å². The Balaban J connectivity index is 1.42. The maximum Gasteiger partial charge on any atom is 0.283 e. The molecule has 0 aliphatic heterocycles. The second-order valence-electron chi connectivity index (χ2n) is 6.88. The Labute approximate surface area is 209 Å². The number of rotatable bonds is 7. The van der Waals surface area contributed by atoms with Crippen LogP contribution in [0.1, 0.15) is 20.8 Å². The Morgan fingerprint density at radius 1 is 1.06 bits per heavy atom. The lowest BCUT2D eigenvalue weighted by molar-refractivity contribution is 0.0959. The highest BCUT2D eigenvalue weighted by Crippen LogP contribution is 2.35. The third-order valence-corrected chi connectivity index (χ3v) is 6.97. The highest BCUT2D eigenvalue weighted by molar-refractivity contribution is 7.21. The largest absolute Gasteiger partial charge is 0.493 e. The van der Waals surface area contributed by atoms with Crippen LogP contribution >= 0.6 is 46.1 Å². The van der Waals surface area contributed by atoms with Gasteiger partial charge in [0.2, 0.25) is 0 Å². The molecule has 9 heteroatoms. The van der Waals surface area contributed by atoms with Gasteiger partial charge in [-0.05, 0) is 42.0 Å². The van der Waals surface area contributed by atoms with Gasteiger partial charge in [-0.3, -0.25) is 4.79 Å². The van der Waals surface area contributed by atoms with Crippen molar-refractivity contribution < 1.29 is 14.3 Å². The zero-order chi connectivity index (χ0) is 23.4. The average Bonchev–Trinajstić information content (AvgIpc) is 3.15. The van der Waals surface area contributed by atoms with Gasteiger partial charge in [-0.15, -0.1) is 11.3 Å². The van der Waals surface area contributed by atoms with Crippen molar-refractivity contribution in [3.05, 3.63) is 91.7 Å². The summed E-state index contributed by atoms with van der Waals surface area (Å²) >= 11 is 19.8. The molecule has 0 saturated heterocycles. The average molecular weight is 520 g/mol. The van der Waals surface area contributed by atoms with E-state index in [9.17, 15) is 4.79 Å². The van der Waals surface area contributed by atoms with Crippen molar-refractivity contribution in [2.24, 2.45) is 5.10 Å². The highest BCUT2D eigenvalue weighted by Gasteiger charge is 2.16. The van der Waals surface area contributed by atoms with Gasteiger partial charge < -0.3 is 9.47 Å². The number of thiophene rings is 1. The smallest absolute Gasteiger partial charge is 0.283 e. The van der Waals surface area contributed by atoms with E-state index < -0.39 is 0 Å². The molecular formula is C24H17Cl3N2O3S. The molecule has 0 saturated carbocycles. The molecule has 4 aromatic rings. The van der Waals surface area contributed by atoms with Gasteiger partial charge in [0, 0.05) is 25.7 Å². The normalized spacial score (nSPS) is 11.2. The van der Waals surface area contributed by atoms with Crippen LogP contribution in [0.3, 0.4) is 0 Å². The Morgan fingerprint density at radius 3 is 2.64 bits per heavy atom. The minimum absolute atomic E-state index is 0.256. The van der Waals surface area contributed by atoms with E-state index in [1.807, 2.05) is 30.3 Å². The molecule has 168 valence electrons. The molecule has 0 aliphatic rings. The number of ether oxygens (including phenoxy) is 2. The minimum Gasteiger partial charge on any atom is -0.493 e. The third kappa shape index (κ3) is 5.42. The number of methoxy groups -OCH3 is 1. The number of benzene rings is 3. The standard InChI is InChI=1S/C24H17Cl3N2O3S/c1-31-20-10-14(6-9-19(20)32-13-15-7-8-16(25)11-18(15)26)12-28-29-24(30)23-22(27)17-4-2-3-5-21(17)33-23/h2-12H,13H2,1H3,(H,29,30)/b28-12-. The number of nitrogens with one attached hydrogen (secondary N) is 1. The van der Waals surface area contributed by atoms with Crippen LogP contribution in [0.15, 0.2) is 65.8 Å². The van der Waals surface area contributed by atoms with Gasteiger partial charge >= 0.3 is 0 Å². The SMILES string of the molecule is COc1cc(/C=N\NC(=O)c2sc3ccccc3c2Cl)ccc1OCc1ccc(Cl)cc1Cl. The zero-order valence-corrected chi connectivity index (χ0v) is 20.4. The summed E-state index contributed by atoms with van der Waals surface area (Å²) in [5.41, 5.74) is 4.03. The van der Waals surface area contributed by atoms with Crippen LogP contribution in [-0.2, 0) is 6.61 Å². The van der Waals surface area contributed by atoms with Gasteiger partial charge in [0.05, 0.1) is 18.3 Å². The van der Waals surface area contributed by atoms with Gasteiger partial charge in [0.1, 0.15) is 11.5 Å². The first-order valence-electron chi connectivity index (χ1n) is 9.71. The Bertz CT molecular complexity index is 1350. The number of amides is 1. The molecule has 33 heavy (non-hydrogen) atoms. The molecular weight excluding hydrogens is 503 g/mol. The second-order valence-corrected chi connectivity index (χ2v) is 9.15. The Kier molecular flexibility index (Phi) is 7.40. The summed E-state index contributed by atoms with van der Waals surface area (Å²) in [5.74, 6) is 0.689. The molecule has 4 rings (SSSR count). The van der Waals surface area contributed by atoms with Gasteiger partial charge in [0.25, 0.3) is 5.91 Å². The topological polar surface area (TPSA) is 59.9 Å². The van der Waals surface area contributed by atoms with Crippen LogP contribution in [0.2, 0.25) is 15.1 Å². The molecule has 0 radical (unpaired) electrons. The molecule has 3 aromatic carbocycles. The quantitative estimate of drug-likeness (QED) is 0.207. The number of carbonyl (C=O) groups excluding carboxylic acids is 1. The van der Waals surface area contributed by atoms with Crippen LogP contribution in [0.4, 0.5) is 0 Å². The lowest BCUT2D eigenvalue weighted by atomic mass is 10.2. The summed E-state index contributed by atoms with van der Waals surface area (Å²) in [5, 5.41) is 6.40. The summed E-state index contributed by atoms with van der Waals surface area (Å²) in [6, 6.07) is 18.1. The first-order chi connectivity index (χ1) is 16.0. The lowest BCUT2D eigenvalue weighted by Gasteiger charge is -2.12. The molecule has 0 atom stereocenters. The predicted molar refractivity (Wildman–Crippen MR) is 136 cm³/mol.